The smallest absolute Gasteiger partial charge is 0.296 e. The van der Waals surface area contributed by atoms with Crippen LogP contribution in [0.25, 0.3) is 0 Å². The Kier molecular flexibility index (Phi) is 2.82. The number of nitrogens with zero attached hydrogens (tertiary/aromatic N) is 3. The van der Waals surface area contributed by atoms with E-state index in [9.17, 15) is 4.79 Å². The summed E-state index contributed by atoms with van der Waals surface area (Å²) in [6, 6.07) is 3.31. The van der Waals surface area contributed by atoms with Gasteiger partial charge in [0.05, 0.1) is 5.02 Å². The molecule has 2 aromatic heterocycles. The van der Waals surface area contributed by atoms with Crippen LogP contribution in [0.15, 0.2) is 18.3 Å². The third kappa shape index (κ3) is 2.17. The first kappa shape index (κ1) is 10.6. The number of nitrogens with one attached hydrogen (secondary N) is 2. The average molecular weight is 238 g/mol. The van der Waals surface area contributed by atoms with E-state index in [1.807, 2.05) is 0 Å². The lowest BCUT2D eigenvalue weighted by Gasteiger charge is -2.02. The molecule has 0 bridgehead atoms. The van der Waals surface area contributed by atoms with Crippen molar-refractivity contribution >= 4 is 23.3 Å². The van der Waals surface area contributed by atoms with Crippen molar-refractivity contribution in [2.45, 2.75) is 6.92 Å². The van der Waals surface area contributed by atoms with Crippen molar-refractivity contribution in [3.8, 4) is 0 Å². The molecule has 16 heavy (non-hydrogen) atoms. The fraction of sp³-hybridized carbons (Fsp3) is 0.111. The van der Waals surface area contributed by atoms with E-state index < -0.39 is 5.91 Å². The van der Waals surface area contributed by atoms with E-state index >= 15 is 0 Å². The van der Waals surface area contributed by atoms with Crippen LogP contribution in [-0.4, -0.2) is 26.1 Å². The van der Waals surface area contributed by atoms with Gasteiger partial charge in [-0.2, -0.15) is 0 Å². The van der Waals surface area contributed by atoms with Gasteiger partial charge in [0, 0.05) is 6.20 Å². The number of rotatable bonds is 2. The van der Waals surface area contributed by atoms with Gasteiger partial charge in [0.2, 0.25) is 5.82 Å². The van der Waals surface area contributed by atoms with Crippen molar-refractivity contribution in [1.29, 1.82) is 0 Å². The van der Waals surface area contributed by atoms with E-state index in [0.717, 1.165) is 0 Å². The third-order valence-corrected chi connectivity index (χ3v) is 2.10. The largest absolute Gasteiger partial charge is 0.303 e. The molecule has 0 aliphatic heterocycles. The molecular weight excluding hydrogens is 230 g/mol. The number of hydrogen-bond acceptors (Lipinski definition) is 4. The highest BCUT2D eigenvalue weighted by Gasteiger charge is 2.13. The zero-order chi connectivity index (χ0) is 11.5. The summed E-state index contributed by atoms with van der Waals surface area (Å²) in [6.07, 6.45) is 1.53. The summed E-state index contributed by atoms with van der Waals surface area (Å²) in [4.78, 5) is 19.4. The topological polar surface area (TPSA) is 83.6 Å². The molecule has 0 aromatic carbocycles. The number of halogens is 1. The standard InChI is InChI=1S/C9H8ClN5O/c1-5-12-8(15-14-5)9(16)13-7-6(10)3-2-4-11-7/h2-4H,1H3,(H,11,13,16)(H,12,14,15). The van der Waals surface area contributed by atoms with Crippen LogP contribution in [0, 0.1) is 6.92 Å². The molecule has 0 saturated carbocycles. The number of anilines is 1. The highest BCUT2D eigenvalue weighted by Crippen LogP contribution is 2.17. The maximum atomic E-state index is 11.6. The van der Waals surface area contributed by atoms with Gasteiger partial charge in [-0.25, -0.2) is 9.97 Å². The number of aryl methyl sites for hydroxylation is 1. The molecule has 0 unspecified atom stereocenters. The molecule has 2 rings (SSSR count). The number of amides is 1. The van der Waals surface area contributed by atoms with Crippen LogP contribution in [-0.2, 0) is 0 Å². The number of aromatic amines is 1. The van der Waals surface area contributed by atoms with Crippen molar-refractivity contribution in [3.63, 3.8) is 0 Å². The Bertz CT molecular complexity index is 524. The molecule has 2 aromatic rings. The predicted molar refractivity (Wildman–Crippen MR) is 58.3 cm³/mol. The molecular formula is C9H8ClN5O. The quantitative estimate of drug-likeness (QED) is 0.827. The number of aromatic nitrogens is 4. The number of carbonyl (C=O) groups is 1. The van der Waals surface area contributed by atoms with Crippen LogP contribution in [0.1, 0.15) is 16.4 Å². The third-order valence-electron chi connectivity index (χ3n) is 1.79. The second-order valence-corrected chi connectivity index (χ2v) is 3.44. The minimum atomic E-state index is -0.454. The summed E-state index contributed by atoms with van der Waals surface area (Å²) in [5.41, 5.74) is 0. The SMILES string of the molecule is Cc1nc(C(=O)Nc2ncccc2Cl)n[nH]1. The van der Waals surface area contributed by atoms with E-state index in [1.54, 1.807) is 19.1 Å². The Morgan fingerprint density at radius 3 is 3.00 bits per heavy atom. The average Bonchev–Trinajstić information content (AvgIpc) is 2.68. The van der Waals surface area contributed by atoms with Gasteiger partial charge in [0.1, 0.15) is 5.82 Å². The molecule has 0 aliphatic rings. The van der Waals surface area contributed by atoms with Crippen LogP contribution < -0.4 is 5.32 Å². The molecule has 2 N–H and O–H groups in total. The van der Waals surface area contributed by atoms with Crippen molar-refractivity contribution < 1.29 is 4.79 Å². The Morgan fingerprint density at radius 2 is 2.38 bits per heavy atom. The van der Waals surface area contributed by atoms with Crippen molar-refractivity contribution in [2.75, 3.05) is 5.32 Å². The Morgan fingerprint density at radius 1 is 1.56 bits per heavy atom. The van der Waals surface area contributed by atoms with Crippen molar-refractivity contribution in [2.24, 2.45) is 0 Å². The molecule has 82 valence electrons. The molecule has 6 nitrogen and oxygen atoms in total. The van der Waals surface area contributed by atoms with E-state index in [-0.39, 0.29) is 11.6 Å². The van der Waals surface area contributed by atoms with Gasteiger partial charge < -0.3 is 5.32 Å². The normalized spacial score (nSPS) is 10.1. The number of carbonyl (C=O) groups excluding carboxylic acids is 1. The van der Waals surface area contributed by atoms with E-state index in [2.05, 4.69) is 25.5 Å². The molecule has 1 amide bonds. The number of hydrogen-bond donors (Lipinski definition) is 2. The second kappa shape index (κ2) is 4.28. The van der Waals surface area contributed by atoms with E-state index in [0.29, 0.717) is 10.8 Å². The zero-order valence-corrected chi connectivity index (χ0v) is 9.12. The van der Waals surface area contributed by atoms with Gasteiger partial charge in [0.25, 0.3) is 5.91 Å². The van der Waals surface area contributed by atoms with Crippen molar-refractivity contribution in [3.05, 3.63) is 35.0 Å². The first-order chi connectivity index (χ1) is 7.66. The summed E-state index contributed by atoms with van der Waals surface area (Å²) in [5.74, 6) is 0.457. The van der Waals surface area contributed by atoms with E-state index in [1.165, 1.54) is 6.20 Å². The Hall–Kier alpha value is -1.95. The maximum absolute atomic E-state index is 11.6. The summed E-state index contributed by atoms with van der Waals surface area (Å²) < 4.78 is 0. The van der Waals surface area contributed by atoms with Gasteiger partial charge in [0.15, 0.2) is 5.82 Å². The lowest BCUT2D eigenvalue weighted by molar-refractivity contribution is 0.101. The molecule has 0 saturated heterocycles. The fourth-order valence-corrected chi connectivity index (χ4v) is 1.25. The number of pyridine rings is 1. The Balaban J connectivity index is 2.17. The van der Waals surface area contributed by atoms with Gasteiger partial charge in [-0.15, -0.1) is 5.10 Å². The highest BCUT2D eigenvalue weighted by molar-refractivity contribution is 6.33. The van der Waals surface area contributed by atoms with E-state index in [4.69, 9.17) is 11.6 Å². The first-order valence-electron chi connectivity index (χ1n) is 4.47. The van der Waals surface area contributed by atoms with Crippen LogP contribution in [0.5, 0.6) is 0 Å². The van der Waals surface area contributed by atoms with Crippen LogP contribution in [0.3, 0.4) is 0 Å². The molecule has 0 aliphatic carbocycles. The predicted octanol–water partition coefficient (Wildman–Crippen LogP) is 1.41. The molecule has 0 fully saturated rings. The van der Waals surface area contributed by atoms with Gasteiger partial charge in [-0.1, -0.05) is 11.6 Å². The second-order valence-electron chi connectivity index (χ2n) is 3.03. The van der Waals surface area contributed by atoms with Gasteiger partial charge >= 0.3 is 0 Å². The minimum Gasteiger partial charge on any atom is -0.303 e. The maximum Gasteiger partial charge on any atom is 0.296 e. The lowest BCUT2D eigenvalue weighted by atomic mass is 10.4. The minimum absolute atomic E-state index is 0.0548. The van der Waals surface area contributed by atoms with Crippen LogP contribution in [0.4, 0.5) is 5.82 Å². The monoisotopic (exact) mass is 237 g/mol. The van der Waals surface area contributed by atoms with Crippen LogP contribution >= 0.6 is 11.6 Å². The molecule has 7 heteroatoms. The summed E-state index contributed by atoms with van der Waals surface area (Å²) in [6.45, 7) is 1.71. The van der Waals surface area contributed by atoms with Crippen LogP contribution in [0.2, 0.25) is 5.02 Å². The summed E-state index contributed by atoms with van der Waals surface area (Å²) >= 11 is 5.84. The summed E-state index contributed by atoms with van der Waals surface area (Å²) in [5, 5.41) is 9.17. The lowest BCUT2D eigenvalue weighted by Crippen LogP contribution is -2.15. The highest BCUT2D eigenvalue weighted by atomic mass is 35.5. The zero-order valence-electron chi connectivity index (χ0n) is 8.36. The van der Waals surface area contributed by atoms with Crippen molar-refractivity contribution in [1.82, 2.24) is 20.2 Å². The van der Waals surface area contributed by atoms with Gasteiger partial charge in [-0.05, 0) is 19.1 Å². The summed E-state index contributed by atoms with van der Waals surface area (Å²) in [7, 11) is 0. The molecule has 0 atom stereocenters. The van der Waals surface area contributed by atoms with Gasteiger partial charge in [-0.3, -0.25) is 9.89 Å². The Labute approximate surface area is 96.1 Å². The first-order valence-corrected chi connectivity index (χ1v) is 4.85. The molecule has 2 heterocycles. The number of H-pyrrole nitrogens is 1. The molecule has 0 radical (unpaired) electrons. The molecule has 0 spiro atoms. The fourth-order valence-electron chi connectivity index (χ4n) is 1.09.